The Bertz CT molecular complexity index is 444. The zero-order valence-corrected chi connectivity index (χ0v) is 11.2. The molecule has 0 radical (unpaired) electrons. The van der Waals surface area contributed by atoms with Gasteiger partial charge in [-0.15, -0.1) is 0 Å². The summed E-state index contributed by atoms with van der Waals surface area (Å²) >= 11 is 5.99. The predicted octanol–water partition coefficient (Wildman–Crippen LogP) is 3.45. The number of carbonyl (C=O) groups is 1. The van der Waals surface area contributed by atoms with E-state index in [1.54, 1.807) is 0 Å². The second-order valence-electron chi connectivity index (χ2n) is 4.72. The van der Waals surface area contributed by atoms with Crippen molar-refractivity contribution in [2.24, 2.45) is 0 Å². The number of likely N-dealkylation sites (tertiary alicyclic amines) is 1. The molecule has 1 unspecified atom stereocenters. The highest BCUT2D eigenvalue weighted by atomic mass is 35.5. The van der Waals surface area contributed by atoms with Gasteiger partial charge < -0.3 is 4.90 Å². The summed E-state index contributed by atoms with van der Waals surface area (Å²) in [5, 5.41) is 0.755. The average Bonchev–Trinajstić information content (AvgIpc) is 2.38. The topological polar surface area (TPSA) is 20.3 Å². The first-order valence-corrected chi connectivity index (χ1v) is 6.76. The normalized spacial score (nSPS) is 19.6. The van der Waals surface area contributed by atoms with Crippen LogP contribution in [0.25, 0.3) is 0 Å². The predicted molar refractivity (Wildman–Crippen MR) is 74.7 cm³/mol. The lowest BCUT2D eigenvalue weighted by Crippen LogP contribution is -2.44. The Morgan fingerprint density at radius 2 is 2.33 bits per heavy atom. The molecule has 0 saturated carbocycles. The largest absolute Gasteiger partial charge is 0.336 e. The molecule has 3 heteroatoms. The van der Waals surface area contributed by atoms with Gasteiger partial charge in [-0.3, -0.25) is 4.79 Å². The molecule has 1 aromatic carbocycles. The van der Waals surface area contributed by atoms with E-state index in [9.17, 15) is 4.79 Å². The first-order chi connectivity index (χ1) is 8.70. The van der Waals surface area contributed by atoms with Gasteiger partial charge in [-0.1, -0.05) is 30.3 Å². The second-order valence-corrected chi connectivity index (χ2v) is 5.16. The van der Waals surface area contributed by atoms with Gasteiger partial charge in [-0.05, 0) is 49.5 Å². The van der Waals surface area contributed by atoms with E-state index in [2.05, 4.69) is 12.6 Å². The summed E-state index contributed by atoms with van der Waals surface area (Å²) in [6, 6.07) is 8.16. The number of rotatable bonds is 3. The molecule has 0 aromatic heterocycles. The number of hydrogen-bond acceptors (Lipinski definition) is 1. The molecule has 1 aromatic rings. The third-order valence-corrected chi connectivity index (χ3v) is 3.68. The van der Waals surface area contributed by atoms with Crippen molar-refractivity contribution in [2.45, 2.75) is 31.7 Å². The molecule has 96 valence electrons. The van der Waals surface area contributed by atoms with Gasteiger partial charge in [0.25, 0.3) is 0 Å². The zero-order valence-electron chi connectivity index (χ0n) is 10.4. The lowest BCUT2D eigenvalue weighted by atomic mass is 9.95. The molecule has 0 N–H and O–H groups in total. The highest BCUT2D eigenvalue weighted by molar-refractivity contribution is 6.30. The molecule has 2 rings (SSSR count). The second kappa shape index (κ2) is 6.05. The van der Waals surface area contributed by atoms with E-state index >= 15 is 0 Å². The van der Waals surface area contributed by atoms with E-state index in [4.69, 9.17) is 11.6 Å². The maximum absolute atomic E-state index is 11.8. The smallest absolute Gasteiger partial charge is 0.246 e. The van der Waals surface area contributed by atoms with Crippen molar-refractivity contribution in [3.8, 4) is 0 Å². The van der Waals surface area contributed by atoms with E-state index in [1.165, 1.54) is 18.1 Å². The van der Waals surface area contributed by atoms with Gasteiger partial charge in [0.05, 0.1) is 0 Å². The van der Waals surface area contributed by atoms with Crippen LogP contribution >= 0.6 is 11.6 Å². The van der Waals surface area contributed by atoms with E-state index in [0.29, 0.717) is 0 Å². The molecule has 1 amide bonds. The Morgan fingerprint density at radius 1 is 1.50 bits per heavy atom. The van der Waals surface area contributed by atoms with Crippen LogP contribution in [0.5, 0.6) is 0 Å². The zero-order chi connectivity index (χ0) is 13.0. The summed E-state index contributed by atoms with van der Waals surface area (Å²) in [5.41, 5.74) is 1.19. The molecular weight excluding hydrogens is 246 g/mol. The SMILES string of the molecule is C=CC(=O)N1CCCCC1Cc1cccc(Cl)c1. The van der Waals surface area contributed by atoms with E-state index in [1.807, 2.05) is 23.1 Å². The van der Waals surface area contributed by atoms with Crippen LogP contribution in [0.1, 0.15) is 24.8 Å². The summed E-state index contributed by atoms with van der Waals surface area (Å²) in [6.45, 7) is 4.42. The highest BCUT2D eigenvalue weighted by Crippen LogP contribution is 2.22. The fourth-order valence-corrected chi connectivity index (χ4v) is 2.77. The van der Waals surface area contributed by atoms with Gasteiger partial charge in [0, 0.05) is 17.6 Å². The van der Waals surface area contributed by atoms with E-state index in [0.717, 1.165) is 30.8 Å². The Kier molecular flexibility index (Phi) is 4.43. The number of hydrogen-bond donors (Lipinski definition) is 0. The Labute approximate surface area is 113 Å². The van der Waals surface area contributed by atoms with Crippen LogP contribution in [-0.4, -0.2) is 23.4 Å². The van der Waals surface area contributed by atoms with Gasteiger partial charge in [-0.25, -0.2) is 0 Å². The Hall–Kier alpha value is -1.28. The van der Waals surface area contributed by atoms with Crippen LogP contribution < -0.4 is 0 Å². The summed E-state index contributed by atoms with van der Waals surface area (Å²) in [5.74, 6) is 0.0433. The average molecular weight is 264 g/mol. The molecular formula is C15H18ClNO. The van der Waals surface area contributed by atoms with Crippen molar-refractivity contribution < 1.29 is 4.79 Å². The molecule has 1 fully saturated rings. The van der Waals surface area contributed by atoms with Gasteiger partial charge in [-0.2, -0.15) is 0 Å². The van der Waals surface area contributed by atoms with Crippen molar-refractivity contribution >= 4 is 17.5 Å². The van der Waals surface area contributed by atoms with Gasteiger partial charge in [0.15, 0.2) is 0 Å². The summed E-state index contributed by atoms with van der Waals surface area (Å²) in [4.78, 5) is 13.8. The van der Waals surface area contributed by atoms with Crippen LogP contribution in [0, 0.1) is 0 Å². The molecule has 1 aliphatic heterocycles. The van der Waals surface area contributed by atoms with Gasteiger partial charge >= 0.3 is 0 Å². The first kappa shape index (κ1) is 13.2. The monoisotopic (exact) mass is 263 g/mol. The van der Waals surface area contributed by atoms with Gasteiger partial charge in [0.1, 0.15) is 0 Å². The van der Waals surface area contributed by atoms with Crippen molar-refractivity contribution in [2.75, 3.05) is 6.54 Å². The molecule has 0 bridgehead atoms. The standard InChI is InChI=1S/C15H18ClNO/c1-2-15(18)17-9-4-3-8-14(17)11-12-6-5-7-13(16)10-12/h2,5-7,10,14H,1,3-4,8-9,11H2. The number of nitrogens with zero attached hydrogens (tertiary/aromatic N) is 1. The molecule has 0 aliphatic carbocycles. The van der Waals surface area contributed by atoms with Crippen molar-refractivity contribution in [1.29, 1.82) is 0 Å². The highest BCUT2D eigenvalue weighted by Gasteiger charge is 2.25. The Balaban J connectivity index is 2.10. The first-order valence-electron chi connectivity index (χ1n) is 6.38. The molecule has 1 atom stereocenters. The molecule has 0 spiro atoms. The fourth-order valence-electron chi connectivity index (χ4n) is 2.56. The van der Waals surface area contributed by atoms with Crippen LogP contribution in [0.3, 0.4) is 0 Å². The number of halogens is 1. The van der Waals surface area contributed by atoms with Gasteiger partial charge in [0.2, 0.25) is 5.91 Å². The summed E-state index contributed by atoms with van der Waals surface area (Å²) < 4.78 is 0. The maximum atomic E-state index is 11.8. The van der Waals surface area contributed by atoms with Crippen LogP contribution in [0.2, 0.25) is 5.02 Å². The van der Waals surface area contributed by atoms with Crippen molar-refractivity contribution in [3.05, 3.63) is 47.5 Å². The quantitative estimate of drug-likeness (QED) is 0.765. The van der Waals surface area contributed by atoms with Crippen molar-refractivity contribution in [1.82, 2.24) is 4.90 Å². The summed E-state index contributed by atoms with van der Waals surface area (Å²) in [6.07, 6.45) is 5.63. The van der Waals surface area contributed by atoms with E-state index in [-0.39, 0.29) is 11.9 Å². The third kappa shape index (κ3) is 3.14. The lowest BCUT2D eigenvalue weighted by Gasteiger charge is -2.35. The third-order valence-electron chi connectivity index (χ3n) is 3.45. The fraction of sp³-hybridized carbons (Fsp3) is 0.400. The lowest BCUT2D eigenvalue weighted by molar-refractivity contribution is -0.129. The molecule has 2 nitrogen and oxygen atoms in total. The Morgan fingerprint density at radius 3 is 3.06 bits per heavy atom. The van der Waals surface area contributed by atoms with Crippen LogP contribution in [-0.2, 0) is 11.2 Å². The van der Waals surface area contributed by atoms with Crippen LogP contribution in [0.4, 0.5) is 0 Å². The number of amides is 1. The molecule has 18 heavy (non-hydrogen) atoms. The van der Waals surface area contributed by atoms with Crippen LogP contribution in [0.15, 0.2) is 36.9 Å². The molecule has 1 saturated heterocycles. The maximum Gasteiger partial charge on any atom is 0.246 e. The number of carbonyl (C=O) groups excluding carboxylic acids is 1. The van der Waals surface area contributed by atoms with E-state index < -0.39 is 0 Å². The molecule has 1 heterocycles. The number of piperidine rings is 1. The molecule has 1 aliphatic rings. The summed E-state index contributed by atoms with van der Waals surface area (Å²) in [7, 11) is 0. The minimum atomic E-state index is 0.0433. The minimum absolute atomic E-state index is 0.0433. The minimum Gasteiger partial charge on any atom is -0.336 e. The number of benzene rings is 1. The van der Waals surface area contributed by atoms with Crippen molar-refractivity contribution in [3.63, 3.8) is 0 Å².